The Balaban J connectivity index is 3.18. The van der Waals surface area contributed by atoms with E-state index in [1.807, 2.05) is 32.9 Å². The van der Waals surface area contributed by atoms with Crippen molar-refractivity contribution in [1.82, 2.24) is 4.31 Å². The number of benzene rings is 1. The minimum atomic E-state index is -3.40. The lowest BCUT2D eigenvalue weighted by molar-refractivity contribution is 0.458. The summed E-state index contributed by atoms with van der Waals surface area (Å²) < 4.78 is 26.8. The van der Waals surface area contributed by atoms with Gasteiger partial charge in [-0.05, 0) is 50.5 Å². The summed E-state index contributed by atoms with van der Waals surface area (Å²) in [5.41, 5.74) is 2.56. The minimum absolute atomic E-state index is 0.442. The van der Waals surface area contributed by atoms with E-state index < -0.39 is 10.0 Å². The minimum Gasteiger partial charge on any atom is -0.385 e. The lowest BCUT2D eigenvalue weighted by atomic mass is 10.1. The van der Waals surface area contributed by atoms with Crippen LogP contribution in [0, 0.1) is 13.8 Å². The molecule has 0 aromatic heterocycles. The summed E-state index contributed by atoms with van der Waals surface area (Å²) >= 11 is 0. The highest BCUT2D eigenvalue weighted by molar-refractivity contribution is 7.89. The molecule has 5 heteroatoms. The summed E-state index contributed by atoms with van der Waals surface area (Å²) in [6.07, 6.45) is 1.86. The fourth-order valence-corrected chi connectivity index (χ4v) is 3.93. The summed E-state index contributed by atoms with van der Waals surface area (Å²) in [4.78, 5) is 0.442. The number of nitrogens with zero attached hydrogens (tertiary/aromatic N) is 1. The molecule has 0 bridgehead atoms. The molecule has 0 atom stereocenters. The average molecular weight is 298 g/mol. The maximum absolute atomic E-state index is 12.7. The van der Waals surface area contributed by atoms with E-state index >= 15 is 0 Å². The number of hydrogen-bond acceptors (Lipinski definition) is 3. The Labute approximate surface area is 123 Å². The molecule has 0 fully saturated rings. The van der Waals surface area contributed by atoms with Crippen LogP contribution < -0.4 is 5.32 Å². The van der Waals surface area contributed by atoms with Crippen LogP contribution in [0.15, 0.2) is 17.0 Å². The van der Waals surface area contributed by atoms with Crippen LogP contribution in [0.5, 0.6) is 0 Å². The van der Waals surface area contributed by atoms with E-state index in [9.17, 15) is 8.42 Å². The van der Waals surface area contributed by atoms with Gasteiger partial charge in [-0.15, -0.1) is 0 Å². The molecule has 1 N–H and O–H groups in total. The van der Waals surface area contributed by atoms with Gasteiger partial charge in [0.25, 0.3) is 0 Å². The van der Waals surface area contributed by atoms with E-state index in [0.29, 0.717) is 11.4 Å². The third-order valence-electron chi connectivity index (χ3n) is 3.34. The molecular weight excluding hydrogens is 272 g/mol. The third-order valence-corrected chi connectivity index (χ3v) is 5.50. The molecule has 0 aliphatic rings. The van der Waals surface area contributed by atoms with E-state index in [-0.39, 0.29) is 0 Å². The maximum Gasteiger partial charge on any atom is 0.243 e. The van der Waals surface area contributed by atoms with E-state index in [0.717, 1.165) is 36.2 Å². The second kappa shape index (κ2) is 7.09. The Morgan fingerprint density at radius 1 is 1.15 bits per heavy atom. The Morgan fingerprint density at radius 2 is 1.70 bits per heavy atom. The van der Waals surface area contributed by atoms with E-state index in [1.165, 1.54) is 4.31 Å². The van der Waals surface area contributed by atoms with Gasteiger partial charge in [0.05, 0.1) is 4.90 Å². The molecule has 0 spiro atoms. The van der Waals surface area contributed by atoms with Crippen LogP contribution in [-0.2, 0) is 10.0 Å². The Hall–Kier alpha value is -1.07. The summed E-state index contributed by atoms with van der Waals surface area (Å²) in [6, 6.07) is 3.80. The predicted molar refractivity (Wildman–Crippen MR) is 84.8 cm³/mol. The van der Waals surface area contributed by atoms with Crippen molar-refractivity contribution in [3.8, 4) is 0 Å². The van der Waals surface area contributed by atoms with Crippen molar-refractivity contribution in [2.24, 2.45) is 0 Å². The third kappa shape index (κ3) is 3.73. The number of rotatable bonds is 7. The normalized spacial score (nSPS) is 11.9. The quantitative estimate of drug-likeness (QED) is 0.841. The van der Waals surface area contributed by atoms with Gasteiger partial charge in [-0.1, -0.05) is 13.3 Å². The first-order chi connectivity index (χ1) is 9.34. The topological polar surface area (TPSA) is 49.4 Å². The molecule has 0 aliphatic heterocycles. The highest BCUT2D eigenvalue weighted by Crippen LogP contribution is 2.26. The van der Waals surface area contributed by atoms with Crippen molar-refractivity contribution >= 4 is 15.7 Å². The van der Waals surface area contributed by atoms with Gasteiger partial charge in [-0.25, -0.2) is 12.7 Å². The average Bonchev–Trinajstić information content (AvgIpc) is 2.34. The van der Waals surface area contributed by atoms with E-state index in [2.05, 4.69) is 12.2 Å². The molecule has 0 unspecified atom stereocenters. The number of aryl methyl sites for hydroxylation is 2. The predicted octanol–water partition coefficient (Wildman–Crippen LogP) is 3.16. The molecule has 0 saturated heterocycles. The van der Waals surface area contributed by atoms with Crippen LogP contribution in [0.1, 0.15) is 37.8 Å². The zero-order valence-corrected chi connectivity index (χ0v) is 14.0. The van der Waals surface area contributed by atoms with Gasteiger partial charge in [-0.2, -0.15) is 0 Å². The zero-order valence-electron chi connectivity index (χ0n) is 13.2. The molecule has 0 aliphatic carbocycles. The van der Waals surface area contributed by atoms with Gasteiger partial charge in [0, 0.05) is 25.8 Å². The molecule has 20 heavy (non-hydrogen) atoms. The van der Waals surface area contributed by atoms with Crippen molar-refractivity contribution in [2.45, 2.75) is 45.4 Å². The van der Waals surface area contributed by atoms with Crippen LogP contribution in [0.4, 0.5) is 5.69 Å². The zero-order chi connectivity index (χ0) is 15.3. The van der Waals surface area contributed by atoms with Gasteiger partial charge in [0.1, 0.15) is 0 Å². The molecule has 1 aromatic carbocycles. The van der Waals surface area contributed by atoms with Crippen molar-refractivity contribution < 1.29 is 8.42 Å². The second-order valence-corrected chi connectivity index (χ2v) is 7.13. The largest absolute Gasteiger partial charge is 0.385 e. The standard InChI is InChI=1S/C15H26N2O2S/c1-6-8-9-17(5)20(18,19)15-12(3)10-14(16-7-2)11-13(15)4/h10-11,16H,6-9H2,1-5H3. The molecule has 1 rings (SSSR count). The number of hydrogen-bond donors (Lipinski definition) is 1. The van der Waals surface area contributed by atoms with Gasteiger partial charge in [0.2, 0.25) is 10.0 Å². The molecule has 0 amide bonds. The summed E-state index contributed by atoms with van der Waals surface area (Å²) in [5.74, 6) is 0. The van der Waals surface area contributed by atoms with E-state index in [1.54, 1.807) is 7.05 Å². The SMILES string of the molecule is CCCCN(C)S(=O)(=O)c1c(C)cc(NCC)cc1C. The maximum atomic E-state index is 12.7. The molecule has 114 valence electrons. The lowest BCUT2D eigenvalue weighted by Crippen LogP contribution is -2.29. The summed E-state index contributed by atoms with van der Waals surface area (Å²) in [6.45, 7) is 9.17. The van der Waals surface area contributed by atoms with Gasteiger partial charge in [-0.3, -0.25) is 0 Å². The lowest BCUT2D eigenvalue weighted by Gasteiger charge is -2.20. The summed E-state index contributed by atoms with van der Waals surface area (Å²) in [5, 5.41) is 3.22. The fourth-order valence-electron chi connectivity index (χ4n) is 2.32. The van der Waals surface area contributed by atoms with Crippen LogP contribution in [0.3, 0.4) is 0 Å². The fraction of sp³-hybridized carbons (Fsp3) is 0.600. The summed E-state index contributed by atoms with van der Waals surface area (Å²) in [7, 11) is -1.74. The van der Waals surface area contributed by atoms with Gasteiger partial charge >= 0.3 is 0 Å². The molecular formula is C15H26N2O2S. The van der Waals surface area contributed by atoms with Crippen molar-refractivity contribution in [1.29, 1.82) is 0 Å². The highest BCUT2D eigenvalue weighted by atomic mass is 32.2. The monoisotopic (exact) mass is 298 g/mol. The number of nitrogens with one attached hydrogen (secondary N) is 1. The van der Waals surface area contributed by atoms with Gasteiger partial charge in [0.15, 0.2) is 0 Å². The first-order valence-corrected chi connectivity index (χ1v) is 8.60. The Bertz CT molecular complexity index is 530. The molecule has 0 saturated carbocycles. The van der Waals surface area contributed by atoms with Crippen LogP contribution in [-0.4, -0.2) is 32.9 Å². The second-order valence-electron chi connectivity index (χ2n) is 5.15. The first kappa shape index (κ1) is 17.0. The van der Waals surface area contributed by atoms with Gasteiger partial charge < -0.3 is 5.32 Å². The van der Waals surface area contributed by atoms with Crippen molar-refractivity contribution in [3.63, 3.8) is 0 Å². The van der Waals surface area contributed by atoms with Crippen LogP contribution >= 0.6 is 0 Å². The molecule has 4 nitrogen and oxygen atoms in total. The first-order valence-electron chi connectivity index (χ1n) is 7.16. The number of unbranched alkanes of at least 4 members (excludes halogenated alkanes) is 1. The van der Waals surface area contributed by atoms with Crippen molar-refractivity contribution in [3.05, 3.63) is 23.3 Å². The molecule has 0 heterocycles. The van der Waals surface area contributed by atoms with Crippen LogP contribution in [0.25, 0.3) is 0 Å². The highest BCUT2D eigenvalue weighted by Gasteiger charge is 2.24. The van der Waals surface area contributed by atoms with Crippen molar-refractivity contribution in [2.75, 3.05) is 25.5 Å². The van der Waals surface area contributed by atoms with E-state index in [4.69, 9.17) is 0 Å². The Morgan fingerprint density at radius 3 is 2.15 bits per heavy atom. The van der Waals surface area contributed by atoms with Crippen LogP contribution in [0.2, 0.25) is 0 Å². The molecule has 1 aromatic rings. The number of sulfonamides is 1. The Kier molecular flexibility index (Phi) is 6.02. The smallest absolute Gasteiger partial charge is 0.243 e. The number of anilines is 1. The molecule has 0 radical (unpaired) electrons.